The van der Waals surface area contributed by atoms with Crippen molar-refractivity contribution in [2.75, 3.05) is 5.32 Å². The predicted molar refractivity (Wildman–Crippen MR) is 87.4 cm³/mol. The number of aliphatic imine (C=N–C) groups is 1. The van der Waals surface area contributed by atoms with Gasteiger partial charge in [0.2, 0.25) is 0 Å². The number of hydrogen-bond acceptors (Lipinski definition) is 2. The minimum atomic E-state index is 0.703. The number of fused-ring (bicyclic) bond motifs is 1. The lowest BCUT2D eigenvalue weighted by molar-refractivity contribution is 1.04. The first-order valence-electron chi connectivity index (χ1n) is 5.93. The lowest BCUT2D eigenvalue weighted by Gasteiger charge is -2.19. The maximum atomic E-state index is 5.43. The van der Waals surface area contributed by atoms with Crippen LogP contribution in [0, 0.1) is 15.9 Å². The van der Waals surface area contributed by atoms with E-state index in [1.807, 2.05) is 24.3 Å². The molecule has 0 aliphatic carbocycles. The zero-order chi connectivity index (χ0) is 13.2. The van der Waals surface area contributed by atoms with E-state index in [2.05, 4.69) is 57.0 Å². The molecule has 0 amide bonds. The first-order chi connectivity index (χ1) is 9.26. The van der Waals surface area contributed by atoms with Crippen LogP contribution >= 0.6 is 22.6 Å². The van der Waals surface area contributed by atoms with Crippen LogP contribution in [0.25, 0.3) is 0 Å². The fourth-order valence-corrected chi connectivity index (χ4v) is 2.62. The lowest BCUT2D eigenvalue weighted by atomic mass is 10.1. The van der Waals surface area contributed by atoms with E-state index in [-0.39, 0.29) is 0 Å². The number of hydrogen-bond donors (Lipinski definition) is 1. The Hall–Kier alpha value is -1.80. The van der Waals surface area contributed by atoms with Gasteiger partial charge in [-0.05, 0) is 58.5 Å². The number of benzene rings is 2. The number of anilines is 1. The minimum absolute atomic E-state index is 0.703. The van der Waals surface area contributed by atoms with Crippen molar-refractivity contribution >= 4 is 34.1 Å². The first-order valence-corrected chi connectivity index (χ1v) is 7.01. The maximum Gasteiger partial charge on any atom is 0.133 e. The number of nitrogens with one attached hydrogen (secondary N) is 1. The van der Waals surface area contributed by atoms with Gasteiger partial charge in [-0.1, -0.05) is 18.1 Å². The molecule has 1 aliphatic heterocycles. The van der Waals surface area contributed by atoms with Gasteiger partial charge >= 0.3 is 0 Å². The number of amidine groups is 1. The van der Waals surface area contributed by atoms with Crippen molar-refractivity contribution in [3.63, 3.8) is 0 Å². The highest BCUT2D eigenvalue weighted by Gasteiger charge is 2.13. The Morgan fingerprint density at radius 3 is 2.95 bits per heavy atom. The minimum Gasteiger partial charge on any atom is -0.340 e. The van der Waals surface area contributed by atoms with Gasteiger partial charge in [0, 0.05) is 20.4 Å². The molecule has 1 aliphatic rings. The highest BCUT2D eigenvalue weighted by Crippen LogP contribution is 2.24. The van der Waals surface area contributed by atoms with Crippen LogP contribution in [0.5, 0.6) is 0 Å². The van der Waals surface area contributed by atoms with Gasteiger partial charge in [-0.25, -0.2) is 0 Å². The molecule has 0 radical (unpaired) electrons. The SMILES string of the molecule is C#Cc1cccc(C2=NCc3cc(I)ccc3N2)c1. The van der Waals surface area contributed by atoms with E-state index in [0.29, 0.717) is 6.54 Å². The van der Waals surface area contributed by atoms with Gasteiger partial charge < -0.3 is 5.32 Å². The zero-order valence-corrected chi connectivity index (χ0v) is 12.3. The summed E-state index contributed by atoms with van der Waals surface area (Å²) in [5.41, 5.74) is 4.25. The molecule has 2 aromatic rings. The summed E-state index contributed by atoms with van der Waals surface area (Å²) in [6.45, 7) is 0.703. The van der Waals surface area contributed by atoms with Crippen LogP contribution in [0.2, 0.25) is 0 Å². The van der Waals surface area contributed by atoms with E-state index in [0.717, 1.165) is 22.6 Å². The van der Waals surface area contributed by atoms with Crippen molar-refractivity contribution < 1.29 is 0 Å². The van der Waals surface area contributed by atoms with Crippen molar-refractivity contribution in [1.29, 1.82) is 0 Å². The molecule has 1 heterocycles. The van der Waals surface area contributed by atoms with Crippen LogP contribution in [0.1, 0.15) is 16.7 Å². The van der Waals surface area contributed by atoms with Gasteiger partial charge in [0.25, 0.3) is 0 Å². The molecule has 3 rings (SSSR count). The quantitative estimate of drug-likeness (QED) is 0.611. The van der Waals surface area contributed by atoms with E-state index in [4.69, 9.17) is 6.42 Å². The average molecular weight is 358 g/mol. The normalized spacial score (nSPS) is 12.9. The average Bonchev–Trinajstić information content (AvgIpc) is 2.46. The summed E-state index contributed by atoms with van der Waals surface area (Å²) < 4.78 is 1.23. The van der Waals surface area contributed by atoms with Gasteiger partial charge in [-0.3, -0.25) is 4.99 Å². The van der Waals surface area contributed by atoms with E-state index in [9.17, 15) is 0 Å². The molecule has 0 atom stereocenters. The second-order valence-electron chi connectivity index (χ2n) is 4.32. The second-order valence-corrected chi connectivity index (χ2v) is 5.56. The summed E-state index contributed by atoms with van der Waals surface area (Å²) in [5.74, 6) is 3.53. The molecule has 0 saturated carbocycles. The topological polar surface area (TPSA) is 24.4 Å². The van der Waals surface area contributed by atoms with E-state index >= 15 is 0 Å². The zero-order valence-electron chi connectivity index (χ0n) is 10.2. The predicted octanol–water partition coefficient (Wildman–Crippen LogP) is 3.64. The molecule has 2 nitrogen and oxygen atoms in total. The smallest absolute Gasteiger partial charge is 0.133 e. The van der Waals surface area contributed by atoms with Crippen molar-refractivity contribution in [3.05, 3.63) is 62.7 Å². The van der Waals surface area contributed by atoms with Gasteiger partial charge in [0.1, 0.15) is 5.84 Å². The van der Waals surface area contributed by atoms with Crippen LogP contribution in [-0.4, -0.2) is 5.84 Å². The second kappa shape index (κ2) is 5.06. The third kappa shape index (κ3) is 2.49. The first kappa shape index (κ1) is 12.2. The van der Waals surface area contributed by atoms with Crippen LogP contribution in [0.4, 0.5) is 5.69 Å². The Balaban J connectivity index is 1.95. The Bertz CT molecular complexity index is 711. The van der Waals surface area contributed by atoms with Crippen LogP contribution < -0.4 is 5.32 Å². The molecular weight excluding hydrogens is 347 g/mol. The third-order valence-electron chi connectivity index (χ3n) is 3.03. The molecule has 0 unspecified atom stereocenters. The number of rotatable bonds is 1. The van der Waals surface area contributed by atoms with Gasteiger partial charge in [0.05, 0.1) is 6.54 Å². The van der Waals surface area contributed by atoms with E-state index in [1.165, 1.54) is 9.13 Å². The highest BCUT2D eigenvalue weighted by atomic mass is 127. The lowest BCUT2D eigenvalue weighted by Crippen LogP contribution is -2.19. The van der Waals surface area contributed by atoms with Crippen molar-refractivity contribution in [2.24, 2.45) is 4.99 Å². The Labute approximate surface area is 126 Å². The molecule has 0 bridgehead atoms. The van der Waals surface area contributed by atoms with Crippen molar-refractivity contribution in [1.82, 2.24) is 0 Å². The largest absolute Gasteiger partial charge is 0.340 e. The van der Waals surface area contributed by atoms with E-state index < -0.39 is 0 Å². The van der Waals surface area contributed by atoms with Crippen molar-refractivity contribution in [3.8, 4) is 12.3 Å². The van der Waals surface area contributed by atoms with E-state index in [1.54, 1.807) is 0 Å². The molecule has 1 N–H and O–H groups in total. The van der Waals surface area contributed by atoms with Crippen molar-refractivity contribution in [2.45, 2.75) is 6.54 Å². The molecule has 0 saturated heterocycles. The molecular formula is C16H11IN2. The molecule has 3 heteroatoms. The highest BCUT2D eigenvalue weighted by molar-refractivity contribution is 14.1. The molecule has 0 aromatic heterocycles. The number of nitrogens with zero attached hydrogens (tertiary/aromatic N) is 1. The summed E-state index contributed by atoms with van der Waals surface area (Å²) >= 11 is 2.31. The maximum absolute atomic E-state index is 5.43. The molecule has 92 valence electrons. The van der Waals surface area contributed by atoms with Crippen LogP contribution in [0.3, 0.4) is 0 Å². The summed E-state index contributed by atoms with van der Waals surface area (Å²) in [5, 5.41) is 3.37. The molecule has 0 spiro atoms. The number of terminal acetylenes is 1. The molecule has 0 fully saturated rings. The summed E-state index contributed by atoms with van der Waals surface area (Å²) in [4.78, 5) is 4.59. The summed E-state index contributed by atoms with van der Waals surface area (Å²) in [7, 11) is 0. The van der Waals surface area contributed by atoms with Gasteiger partial charge in [-0.2, -0.15) is 0 Å². The third-order valence-corrected chi connectivity index (χ3v) is 3.70. The Kier molecular flexibility index (Phi) is 3.26. The van der Waals surface area contributed by atoms with Gasteiger partial charge in [-0.15, -0.1) is 6.42 Å². The molecule has 19 heavy (non-hydrogen) atoms. The van der Waals surface area contributed by atoms with Crippen LogP contribution in [-0.2, 0) is 6.54 Å². The fraction of sp³-hybridized carbons (Fsp3) is 0.0625. The van der Waals surface area contributed by atoms with Gasteiger partial charge in [0.15, 0.2) is 0 Å². The summed E-state index contributed by atoms with van der Waals surface area (Å²) in [6, 6.07) is 14.2. The number of halogens is 1. The summed E-state index contributed by atoms with van der Waals surface area (Å²) in [6.07, 6.45) is 5.43. The Morgan fingerprint density at radius 1 is 1.21 bits per heavy atom. The fourth-order valence-electron chi connectivity index (χ4n) is 2.07. The molecule has 2 aromatic carbocycles. The monoisotopic (exact) mass is 358 g/mol. The standard InChI is InChI=1S/C16H11IN2/c1-2-11-4-3-5-12(8-11)16-18-10-13-9-14(17)6-7-15(13)19-16/h1,3-9H,10H2,(H,18,19). The van der Waals surface area contributed by atoms with Crippen LogP contribution in [0.15, 0.2) is 47.5 Å². The Morgan fingerprint density at radius 2 is 2.11 bits per heavy atom.